The Kier molecular flexibility index (Phi) is 6.57. The lowest BCUT2D eigenvalue weighted by molar-refractivity contribution is -0.154. The molecule has 15 heavy (non-hydrogen) atoms. The van der Waals surface area contributed by atoms with Gasteiger partial charge >= 0.3 is 5.97 Å². The second-order valence-corrected chi connectivity index (χ2v) is 4.72. The predicted octanol–water partition coefficient (Wildman–Crippen LogP) is 2.23. The van der Waals surface area contributed by atoms with Crippen LogP contribution >= 0.6 is 0 Å². The van der Waals surface area contributed by atoms with E-state index in [1.807, 2.05) is 27.7 Å². The average molecular weight is 216 g/mol. The van der Waals surface area contributed by atoms with E-state index < -0.39 is 12.0 Å². The summed E-state index contributed by atoms with van der Waals surface area (Å²) < 4.78 is 4.97. The topological polar surface area (TPSA) is 46.5 Å². The fourth-order valence-corrected chi connectivity index (χ4v) is 1.74. The van der Waals surface area contributed by atoms with Crippen molar-refractivity contribution in [3.05, 3.63) is 0 Å². The number of hydrogen-bond acceptors (Lipinski definition) is 3. The Balaban J connectivity index is 4.44. The van der Waals surface area contributed by atoms with Gasteiger partial charge in [-0.2, -0.15) is 0 Å². The molecule has 2 atom stereocenters. The molecule has 0 bridgehead atoms. The lowest BCUT2D eigenvalue weighted by Gasteiger charge is -2.25. The van der Waals surface area contributed by atoms with E-state index >= 15 is 0 Å². The van der Waals surface area contributed by atoms with Crippen molar-refractivity contribution in [2.24, 2.45) is 17.8 Å². The SMILES string of the molecule is CCOC(=O)C(C(C)C)C(O)CC(C)C. The molecule has 0 radical (unpaired) electrons. The Bertz CT molecular complexity index is 187. The molecule has 0 aromatic carbocycles. The predicted molar refractivity (Wildman–Crippen MR) is 60.4 cm³/mol. The van der Waals surface area contributed by atoms with Crippen LogP contribution < -0.4 is 0 Å². The van der Waals surface area contributed by atoms with Crippen LogP contribution in [0.25, 0.3) is 0 Å². The van der Waals surface area contributed by atoms with E-state index in [4.69, 9.17) is 4.74 Å². The fourth-order valence-electron chi connectivity index (χ4n) is 1.74. The molecule has 0 aliphatic carbocycles. The highest BCUT2D eigenvalue weighted by Gasteiger charge is 2.31. The summed E-state index contributed by atoms with van der Waals surface area (Å²) in [5.41, 5.74) is 0. The maximum absolute atomic E-state index is 11.6. The Labute approximate surface area is 92.8 Å². The van der Waals surface area contributed by atoms with Crippen molar-refractivity contribution >= 4 is 5.97 Å². The number of rotatable bonds is 6. The normalized spacial score (nSPS) is 15.5. The van der Waals surface area contributed by atoms with E-state index in [1.165, 1.54) is 0 Å². The molecule has 3 nitrogen and oxygen atoms in total. The highest BCUT2D eigenvalue weighted by Crippen LogP contribution is 2.22. The third kappa shape index (κ3) is 5.17. The molecule has 0 aliphatic heterocycles. The largest absolute Gasteiger partial charge is 0.466 e. The van der Waals surface area contributed by atoms with Gasteiger partial charge in [0.05, 0.1) is 18.6 Å². The van der Waals surface area contributed by atoms with E-state index in [0.717, 1.165) is 0 Å². The highest BCUT2D eigenvalue weighted by molar-refractivity contribution is 5.73. The Hall–Kier alpha value is -0.570. The van der Waals surface area contributed by atoms with Crippen molar-refractivity contribution in [3.8, 4) is 0 Å². The zero-order valence-corrected chi connectivity index (χ0v) is 10.5. The second-order valence-electron chi connectivity index (χ2n) is 4.72. The third-order valence-corrected chi connectivity index (χ3v) is 2.40. The second kappa shape index (κ2) is 6.83. The van der Waals surface area contributed by atoms with E-state index in [9.17, 15) is 9.90 Å². The first-order valence-corrected chi connectivity index (χ1v) is 5.74. The van der Waals surface area contributed by atoms with Gasteiger partial charge in [-0.05, 0) is 25.2 Å². The number of aliphatic hydroxyl groups excluding tert-OH is 1. The summed E-state index contributed by atoms with van der Waals surface area (Å²) in [4.78, 5) is 11.6. The first-order chi connectivity index (χ1) is 6.90. The molecule has 0 aromatic rings. The molecule has 0 saturated heterocycles. The van der Waals surface area contributed by atoms with Gasteiger partial charge in [0.15, 0.2) is 0 Å². The zero-order valence-electron chi connectivity index (χ0n) is 10.5. The highest BCUT2D eigenvalue weighted by atomic mass is 16.5. The van der Waals surface area contributed by atoms with Crippen molar-refractivity contribution in [2.75, 3.05) is 6.61 Å². The van der Waals surface area contributed by atoms with Crippen LogP contribution in [0.2, 0.25) is 0 Å². The number of carbonyl (C=O) groups is 1. The standard InChI is InChI=1S/C12H24O3/c1-6-15-12(14)11(9(4)5)10(13)7-8(2)3/h8-11,13H,6-7H2,1-5H3. The monoisotopic (exact) mass is 216 g/mol. The summed E-state index contributed by atoms with van der Waals surface area (Å²) in [6.45, 7) is 10.1. The van der Waals surface area contributed by atoms with Crippen LogP contribution in [0.3, 0.4) is 0 Å². The minimum Gasteiger partial charge on any atom is -0.466 e. The first-order valence-electron chi connectivity index (χ1n) is 5.74. The van der Waals surface area contributed by atoms with Crippen molar-refractivity contribution in [1.82, 2.24) is 0 Å². The van der Waals surface area contributed by atoms with Gasteiger partial charge < -0.3 is 9.84 Å². The van der Waals surface area contributed by atoms with Gasteiger partial charge in [0, 0.05) is 0 Å². The minimum absolute atomic E-state index is 0.109. The first kappa shape index (κ1) is 14.4. The number of carbonyl (C=O) groups excluding carboxylic acids is 1. The molecule has 90 valence electrons. The molecule has 0 rings (SSSR count). The van der Waals surface area contributed by atoms with Crippen LogP contribution in [0.4, 0.5) is 0 Å². The summed E-state index contributed by atoms with van der Waals surface area (Å²) in [7, 11) is 0. The maximum atomic E-state index is 11.6. The van der Waals surface area contributed by atoms with Gasteiger partial charge in [-0.15, -0.1) is 0 Å². The van der Waals surface area contributed by atoms with Gasteiger partial charge in [0.1, 0.15) is 0 Å². The summed E-state index contributed by atoms with van der Waals surface area (Å²) in [6.07, 6.45) is 0.0471. The Morgan fingerprint density at radius 2 is 1.80 bits per heavy atom. The molecule has 0 aliphatic rings. The molecule has 2 unspecified atom stereocenters. The minimum atomic E-state index is -0.593. The summed E-state index contributed by atoms with van der Waals surface area (Å²) in [5.74, 6) is -0.179. The summed E-state index contributed by atoms with van der Waals surface area (Å²) >= 11 is 0. The average Bonchev–Trinajstić information content (AvgIpc) is 2.01. The molecule has 0 spiro atoms. The molecule has 0 saturated carbocycles. The van der Waals surface area contributed by atoms with Crippen LogP contribution in [0.1, 0.15) is 41.0 Å². The summed E-state index contributed by atoms with van der Waals surface area (Å²) in [6, 6.07) is 0. The van der Waals surface area contributed by atoms with Crippen molar-refractivity contribution in [3.63, 3.8) is 0 Å². The van der Waals surface area contributed by atoms with Crippen LogP contribution in [-0.4, -0.2) is 23.8 Å². The number of ether oxygens (including phenoxy) is 1. The molecular formula is C12H24O3. The Morgan fingerprint density at radius 3 is 2.13 bits per heavy atom. The van der Waals surface area contributed by atoms with Crippen LogP contribution in [-0.2, 0) is 9.53 Å². The quantitative estimate of drug-likeness (QED) is 0.692. The van der Waals surface area contributed by atoms with Crippen LogP contribution in [0, 0.1) is 17.8 Å². The molecule has 0 heterocycles. The zero-order chi connectivity index (χ0) is 12.0. The van der Waals surface area contributed by atoms with E-state index in [-0.39, 0.29) is 11.9 Å². The maximum Gasteiger partial charge on any atom is 0.311 e. The molecular weight excluding hydrogens is 192 g/mol. The van der Waals surface area contributed by atoms with Crippen molar-refractivity contribution < 1.29 is 14.6 Å². The fraction of sp³-hybridized carbons (Fsp3) is 0.917. The number of esters is 1. The summed E-state index contributed by atoms with van der Waals surface area (Å²) in [5, 5.41) is 9.95. The third-order valence-electron chi connectivity index (χ3n) is 2.40. The van der Waals surface area contributed by atoms with Gasteiger partial charge in [-0.25, -0.2) is 0 Å². The number of aliphatic hydroxyl groups is 1. The van der Waals surface area contributed by atoms with Crippen molar-refractivity contribution in [1.29, 1.82) is 0 Å². The van der Waals surface area contributed by atoms with Crippen LogP contribution in [0.5, 0.6) is 0 Å². The Morgan fingerprint density at radius 1 is 1.27 bits per heavy atom. The number of hydrogen-bond donors (Lipinski definition) is 1. The molecule has 1 N–H and O–H groups in total. The van der Waals surface area contributed by atoms with E-state index in [0.29, 0.717) is 18.9 Å². The molecule has 0 fully saturated rings. The van der Waals surface area contributed by atoms with Gasteiger partial charge in [-0.3, -0.25) is 4.79 Å². The molecule has 3 heteroatoms. The van der Waals surface area contributed by atoms with Gasteiger partial charge in [0.25, 0.3) is 0 Å². The lowest BCUT2D eigenvalue weighted by Crippen LogP contribution is -2.34. The molecule has 0 aromatic heterocycles. The van der Waals surface area contributed by atoms with Gasteiger partial charge in [-0.1, -0.05) is 27.7 Å². The van der Waals surface area contributed by atoms with E-state index in [2.05, 4.69) is 0 Å². The lowest BCUT2D eigenvalue weighted by atomic mass is 9.86. The van der Waals surface area contributed by atoms with E-state index in [1.54, 1.807) is 6.92 Å². The van der Waals surface area contributed by atoms with Crippen LogP contribution in [0.15, 0.2) is 0 Å². The van der Waals surface area contributed by atoms with Crippen molar-refractivity contribution in [2.45, 2.75) is 47.1 Å². The molecule has 0 amide bonds. The van der Waals surface area contributed by atoms with Gasteiger partial charge in [0.2, 0.25) is 0 Å². The smallest absolute Gasteiger partial charge is 0.311 e.